The number of nitrogens with one attached hydrogen (secondary N) is 3. The summed E-state index contributed by atoms with van der Waals surface area (Å²) in [5.41, 5.74) is 0.113. The number of H-pyrrole nitrogens is 1. The highest BCUT2D eigenvalue weighted by atomic mass is 32.2. The van der Waals surface area contributed by atoms with Crippen LogP contribution in [-0.4, -0.2) is 40.3 Å². The van der Waals surface area contributed by atoms with E-state index in [0.717, 1.165) is 25.9 Å². The number of halogens is 3. The first-order chi connectivity index (χ1) is 13.4. The van der Waals surface area contributed by atoms with E-state index in [9.17, 15) is 18.0 Å². The van der Waals surface area contributed by atoms with Gasteiger partial charge in [0.2, 0.25) is 5.92 Å². The summed E-state index contributed by atoms with van der Waals surface area (Å²) >= 11 is 1.74. The predicted octanol–water partition coefficient (Wildman–Crippen LogP) is 4.28. The van der Waals surface area contributed by atoms with Gasteiger partial charge < -0.3 is 15.6 Å². The van der Waals surface area contributed by atoms with Gasteiger partial charge in [-0.3, -0.25) is 4.79 Å². The third-order valence-corrected chi connectivity index (χ3v) is 6.71. The number of rotatable bonds is 5. The van der Waals surface area contributed by atoms with Crippen LogP contribution in [0.25, 0.3) is 10.9 Å². The molecule has 2 fully saturated rings. The molecule has 5 nitrogen and oxygen atoms in total. The van der Waals surface area contributed by atoms with Crippen LogP contribution in [0.15, 0.2) is 16.9 Å². The Labute approximate surface area is 172 Å². The summed E-state index contributed by atoms with van der Waals surface area (Å²) in [5.74, 6) is -2.33. The average molecular weight is 429 g/mol. The summed E-state index contributed by atoms with van der Waals surface area (Å²) in [5, 5.41) is 6.69. The molecule has 1 unspecified atom stereocenters. The van der Waals surface area contributed by atoms with Crippen molar-refractivity contribution in [2.45, 2.75) is 62.5 Å². The van der Waals surface area contributed by atoms with Gasteiger partial charge in [0.25, 0.3) is 5.56 Å². The van der Waals surface area contributed by atoms with Gasteiger partial charge in [0.05, 0.1) is 11.3 Å². The number of aromatic amines is 1. The highest BCUT2D eigenvalue weighted by Gasteiger charge is 2.39. The number of hydrogen-bond donors (Lipinski definition) is 3. The van der Waals surface area contributed by atoms with Gasteiger partial charge in [0, 0.05) is 29.8 Å². The number of fused-ring (bicyclic) bond motifs is 1. The van der Waals surface area contributed by atoms with Crippen molar-refractivity contribution in [3.8, 4) is 0 Å². The van der Waals surface area contributed by atoms with E-state index >= 15 is 0 Å². The van der Waals surface area contributed by atoms with Gasteiger partial charge in [-0.05, 0) is 44.5 Å². The standard InChI is InChI=1S/C19H23F3N4OS.CH4/c20-14-7-12(24-11-1-4-19(21,22)9-11)8-15-17(14)18(27)26-16(25-15)10-28-13-2-5-23-6-3-13;/h7-8,11,13,23-24H,1-6,9-10H2,(H,25,26,27);1H4. The molecule has 160 valence electrons. The van der Waals surface area contributed by atoms with Gasteiger partial charge >= 0.3 is 0 Å². The minimum atomic E-state index is -2.68. The molecule has 1 saturated carbocycles. The first kappa shape index (κ1) is 22.0. The van der Waals surface area contributed by atoms with E-state index in [0.29, 0.717) is 28.9 Å². The van der Waals surface area contributed by atoms with Crippen LogP contribution in [0, 0.1) is 5.82 Å². The minimum absolute atomic E-state index is 0. The predicted molar refractivity (Wildman–Crippen MR) is 112 cm³/mol. The number of aromatic nitrogens is 2. The maximum atomic E-state index is 14.5. The topological polar surface area (TPSA) is 69.8 Å². The van der Waals surface area contributed by atoms with Crippen LogP contribution in [0.2, 0.25) is 0 Å². The Morgan fingerprint density at radius 2 is 2.00 bits per heavy atom. The summed E-state index contributed by atoms with van der Waals surface area (Å²) in [6.07, 6.45) is 2.02. The number of anilines is 1. The molecule has 1 aromatic heterocycles. The number of alkyl halides is 2. The summed E-state index contributed by atoms with van der Waals surface area (Å²) in [6, 6.07) is 2.34. The van der Waals surface area contributed by atoms with Crippen LogP contribution in [0.5, 0.6) is 0 Å². The van der Waals surface area contributed by atoms with E-state index in [1.54, 1.807) is 17.8 Å². The largest absolute Gasteiger partial charge is 0.382 e. The van der Waals surface area contributed by atoms with Crippen molar-refractivity contribution < 1.29 is 13.2 Å². The highest BCUT2D eigenvalue weighted by Crippen LogP contribution is 2.36. The lowest BCUT2D eigenvalue weighted by Crippen LogP contribution is -2.29. The van der Waals surface area contributed by atoms with Crippen LogP contribution < -0.4 is 16.2 Å². The zero-order chi connectivity index (χ0) is 19.7. The van der Waals surface area contributed by atoms with Gasteiger partial charge in [0.1, 0.15) is 17.0 Å². The maximum Gasteiger partial charge on any atom is 0.261 e. The third kappa shape index (κ3) is 5.25. The van der Waals surface area contributed by atoms with E-state index in [2.05, 4.69) is 20.6 Å². The Bertz CT molecular complexity index is 914. The highest BCUT2D eigenvalue weighted by molar-refractivity contribution is 7.99. The Morgan fingerprint density at radius 3 is 2.69 bits per heavy atom. The van der Waals surface area contributed by atoms with Crippen LogP contribution in [-0.2, 0) is 5.75 Å². The molecule has 1 aromatic carbocycles. The maximum absolute atomic E-state index is 14.5. The fraction of sp³-hybridized carbons (Fsp3) is 0.600. The molecule has 3 N–H and O–H groups in total. The molecule has 2 aromatic rings. The van der Waals surface area contributed by atoms with Crippen molar-refractivity contribution in [3.63, 3.8) is 0 Å². The lowest BCUT2D eigenvalue weighted by molar-refractivity contribution is 0.00852. The molecule has 1 atom stereocenters. The zero-order valence-electron chi connectivity index (χ0n) is 15.4. The monoisotopic (exact) mass is 428 g/mol. The number of thioether (sulfide) groups is 1. The number of hydrogen-bond acceptors (Lipinski definition) is 5. The Balaban J connectivity index is 0.00000240. The first-order valence-electron chi connectivity index (χ1n) is 9.59. The first-order valence-corrected chi connectivity index (χ1v) is 10.6. The fourth-order valence-corrected chi connectivity index (χ4v) is 4.99. The van der Waals surface area contributed by atoms with Crippen LogP contribution >= 0.6 is 11.8 Å². The van der Waals surface area contributed by atoms with Crippen LogP contribution in [0.4, 0.5) is 18.9 Å². The molecule has 1 saturated heterocycles. The quantitative estimate of drug-likeness (QED) is 0.663. The molecule has 1 aliphatic carbocycles. The van der Waals surface area contributed by atoms with Crippen molar-refractivity contribution in [1.29, 1.82) is 0 Å². The summed E-state index contributed by atoms with van der Waals surface area (Å²) in [6.45, 7) is 1.97. The van der Waals surface area contributed by atoms with Gasteiger partial charge in [-0.25, -0.2) is 18.2 Å². The van der Waals surface area contributed by atoms with Crippen molar-refractivity contribution in [1.82, 2.24) is 15.3 Å². The summed E-state index contributed by atoms with van der Waals surface area (Å²) < 4.78 is 41.3. The number of benzene rings is 1. The molecule has 0 spiro atoms. The van der Waals surface area contributed by atoms with E-state index in [-0.39, 0.29) is 31.2 Å². The van der Waals surface area contributed by atoms with Crippen molar-refractivity contribution >= 4 is 28.4 Å². The molecule has 0 amide bonds. The second kappa shape index (κ2) is 8.95. The lowest BCUT2D eigenvalue weighted by Gasteiger charge is -2.21. The van der Waals surface area contributed by atoms with Crippen molar-refractivity contribution in [2.75, 3.05) is 18.4 Å². The second-order valence-corrected chi connectivity index (χ2v) is 8.85. The Hall–Kier alpha value is -1.74. The van der Waals surface area contributed by atoms with E-state index < -0.39 is 23.3 Å². The Kier molecular flexibility index (Phi) is 6.78. The molecule has 0 radical (unpaired) electrons. The summed E-state index contributed by atoms with van der Waals surface area (Å²) in [7, 11) is 0. The zero-order valence-corrected chi connectivity index (χ0v) is 16.2. The van der Waals surface area contributed by atoms with Crippen molar-refractivity contribution in [3.05, 3.63) is 34.1 Å². The lowest BCUT2D eigenvalue weighted by atomic mass is 10.1. The smallest absolute Gasteiger partial charge is 0.261 e. The number of nitrogens with zero attached hydrogens (tertiary/aromatic N) is 1. The third-order valence-electron chi connectivity index (χ3n) is 5.33. The van der Waals surface area contributed by atoms with Crippen LogP contribution in [0.1, 0.15) is 45.4 Å². The molecule has 2 aliphatic rings. The van der Waals surface area contributed by atoms with Crippen molar-refractivity contribution in [2.24, 2.45) is 0 Å². The van der Waals surface area contributed by atoms with E-state index in [1.807, 2.05) is 0 Å². The van der Waals surface area contributed by atoms with Crippen LogP contribution in [0.3, 0.4) is 0 Å². The second-order valence-electron chi connectivity index (χ2n) is 7.57. The Morgan fingerprint density at radius 1 is 1.24 bits per heavy atom. The van der Waals surface area contributed by atoms with E-state index in [1.165, 1.54) is 6.07 Å². The van der Waals surface area contributed by atoms with Gasteiger partial charge in [-0.2, -0.15) is 11.8 Å². The van der Waals surface area contributed by atoms with Gasteiger partial charge in [-0.15, -0.1) is 0 Å². The van der Waals surface area contributed by atoms with E-state index in [4.69, 9.17) is 0 Å². The molecule has 1 aliphatic heterocycles. The van der Waals surface area contributed by atoms with Gasteiger partial charge in [0.15, 0.2) is 0 Å². The molecule has 0 bridgehead atoms. The molecule has 9 heteroatoms. The van der Waals surface area contributed by atoms with Gasteiger partial charge in [-0.1, -0.05) is 7.43 Å². The fourth-order valence-electron chi connectivity index (χ4n) is 3.89. The molecular weight excluding hydrogens is 401 g/mol. The summed E-state index contributed by atoms with van der Waals surface area (Å²) in [4.78, 5) is 19.4. The minimum Gasteiger partial charge on any atom is -0.382 e. The molecule has 4 rings (SSSR count). The normalized spacial score (nSPS) is 21.8. The molecular formula is C20H27F3N4OS. The average Bonchev–Trinajstić information content (AvgIpc) is 2.98. The molecule has 29 heavy (non-hydrogen) atoms. The number of piperidine rings is 1. The molecule has 2 heterocycles. The SMILES string of the molecule is C.O=c1[nH]c(CSC2CCNCC2)nc2cc(NC3CCC(F)(F)C3)cc(F)c12.